The van der Waals surface area contributed by atoms with Gasteiger partial charge in [-0.1, -0.05) is 64.7 Å². The van der Waals surface area contributed by atoms with Crippen LogP contribution in [0, 0.1) is 0 Å². The van der Waals surface area contributed by atoms with E-state index in [9.17, 15) is 9.59 Å². The van der Waals surface area contributed by atoms with Gasteiger partial charge in [0.15, 0.2) is 0 Å². The molecule has 0 saturated carbocycles. The first-order chi connectivity index (χ1) is 10.1. The van der Waals surface area contributed by atoms with Gasteiger partial charge in [-0.05, 0) is 13.0 Å². The minimum atomic E-state index is -0.969. The van der Waals surface area contributed by atoms with Crippen LogP contribution in [-0.4, -0.2) is 46.7 Å². The average molecular weight is 325 g/mol. The summed E-state index contributed by atoms with van der Waals surface area (Å²) in [5.41, 5.74) is 0. The van der Waals surface area contributed by atoms with Gasteiger partial charge in [0.25, 0.3) is 0 Å². The third-order valence-electron chi connectivity index (χ3n) is 3.55. The van der Waals surface area contributed by atoms with Gasteiger partial charge in [0.05, 0.1) is 13.1 Å². The second-order valence-electron chi connectivity index (χ2n) is 5.68. The molecule has 0 aromatic heterocycles. The number of hydrogen-bond acceptors (Lipinski definition) is 3. The number of carboxylic acid groups (broad SMARTS) is 2. The van der Waals surface area contributed by atoms with Crippen molar-refractivity contribution in [2.45, 2.75) is 71.1 Å². The fourth-order valence-electron chi connectivity index (χ4n) is 2.42. The smallest absolute Gasteiger partial charge is 1.00 e. The molecule has 0 aliphatic carbocycles. The maximum Gasteiger partial charge on any atom is 1.00 e. The summed E-state index contributed by atoms with van der Waals surface area (Å²) in [5.74, 6) is -1.94. The first-order valence-corrected chi connectivity index (χ1v) is 8.22. The van der Waals surface area contributed by atoms with Crippen molar-refractivity contribution in [2.75, 3.05) is 19.6 Å². The van der Waals surface area contributed by atoms with E-state index in [2.05, 4.69) is 6.92 Å². The van der Waals surface area contributed by atoms with Crippen molar-refractivity contribution in [1.29, 1.82) is 0 Å². The van der Waals surface area contributed by atoms with Crippen LogP contribution in [0.25, 0.3) is 0 Å². The van der Waals surface area contributed by atoms with Gasteiger partial charge in [-0.2, -0.15) is 0 Å². The summed E-state index contributed by atoms with van der Waals surface area (Å²) < 4.78 is 0. The van der Waals surface area contributed by atoms with E-state index >= 15 is 0 Å². The number of carboxylic acids is 2. The molecule has 0 amide bonds. The van der Waals surface area contributed by atoms with Gasteiger partial charge in [-0.25, -0.2) is 0 Å². The van der Waals surface area contributed by atoms with Crippen LogP contribution in [0.15, 0.2) is 0 Å². The Morgan fingerprint density at radius 1 is 0.773 bits per heavy atom. The van der Waals surface area contributed by atoms with E-state index in [0.29, 0.717) is 6.54 Å². The van der Waals surface area contributed by atoms with Crippen molar-refractivity contribution in [3.05, 3.63) is 0 Å². The molecule has 0 unspecified atom stereocenters. The van der Waals surface area contributed by atoms with Gasteiger partial charge in [0, 0.05) is 0 Å². The summed E-state index contributed by atoms with van der Waals surface area (Å²) in [5, 5.41) is 17.4. The molecule has 0 heterocycles. The molecule has 5 nitrogen and oxygen atoms in total. The van der Waals surface area contributed by atoms with Crippen LogP contribution >= 0.6 is 0 Å². The molecular formula is C16H32NNaO4. The second kappa shape index (κ2) is 17.3. The minimum Gasteiger partial charge on any atom is -1.00 e. The SMILES string of the molecule is CCCCCCCCCCCCN(CC(=O)O)CC(=O)O.[H-].[Na+]. The molecule has 0 spiro atoms. The van der Waals surface area contributed by atoms with Gasteiger partial charge in [0.1, 0.15) is 0 Å². The Balaban J connectivity index is -0.00000200. The molecule has 0 aliphatic heterocycles. The molecular weight excluding hydrogens is 293 g/mol. The Morgan fingerprint density at radius 2 is 1.14 bits per heavy atom. The molecule has 126 valence electrons. The molecule has 2 N–H and O–H groups in total. The minimum absolute atomic E-state index is 0. The Kier molecular flexibility index (Phi) is 18.9. The maximum atomic E-state index is 10.6. The van der Waals surface area contributed by atoms with Crippen LogP contribution in [0.4, 0.5) is 0 Å². The first-order valence-electron chi connectivity index (χ1n) is 8.22. The van der Waals surface area contributed by atoms with E-state index in [4.69, 9.17) is 10.2 Å². The van der Waals surface area contributed by atoms with Gasteiger partial charge in [-0.3, -0.25) is 14.5 Å². The number of nitrogens with zero attached hydrogens (tertiary/aromatic N) is 1. The van der Waals surface area contributed by atoms with Crippen LogP contribution in [0.3, 0.4) is 0 Å². The van der Waals surface area contributed by atoms with Crippen LogP contribution in [0.1, 0.15) is 72.6 Å². The monoisotopic (exact) mass is 325 g/mol. The van der Waals surface area contributed by atoms with Gasteiger partial charge in [-0.15, -0.1) is 0 Å². The summed E-state index contributed by atoms with van der Waals surface area (Å²) in [6, 6.07) is 0. The van der Waals surface area contributed by atoms with Crippen molar-refractivity contribution < 1.29 is 50.8 Å². The van der Waals surface area contributed by atoms with Crippen LogP contribution in [0.5, 0.6) is 0 Å². The topological polar surface area (TPSA) is 77.8 Å². The predicted octanol–water partition coefficient (Wildman–Crippen LogP) is 0.495. The van der Waals surface area contributed by atoms with E-state index in [1.54, 1.807) is 0 Å². The summed E-state index contributed by atoms with van der Waals surface area (Å²) >= 11 is 0. The predicted molar refractivity (Wildman–Crippen MR) is 84.7 cm³/mol. The van der Waals surface area contributed by atoms with E-state index < -0.39 is 11.9 Å². The normalized spacial score (nSPS) is 10.5. The molecule has 0 fully saturated rings. The third-order valence-corrected chi connectivity index (χ3v) is 3.55. The average Bonchev–Trinajstić information content (AvgIpc) is 2.39. The van der Waals surface area contributed by atoms with E-state index in [1.165, 1.54) is 49.8 Å². The molecule has 0 saturated heterocycles. The summed E-state index contributed by atoms with van der Waals surface area (Å²) in [7, 11) is 0. The molecule has 0 radical (unpaired) electrons. The zero-order chi connectivity index (χ0) is 15.9. The number of rotatable bonds is 15. The zero-order valence-electron chi connectivity index (χ0n) is 15.4. The van der Waals surface area contributed by atoms with Gasteiger partial charge in [0.2, 0.25) is 0 Å². The first kappa shape index (κ1) is 24.2. The standard InChI is InChI=1S/C16H31NO4.Na.H/c1-2-3-4-5-6-7-8-9-10-11-12-17(13-15(18)19)14-16(20)21;;/h2-14H2,1H3,(H,18,19)(H,20,21);;/q;+1;-1. The Labute approximate surface area is 158 Å². The van der Waals surface area contributed by atoms with Crippen molar-refractivity contribution in [2.24, 2.45) is 0 Å². The molecule has 0 aromatic carbocycles. The van der Waals surface area contributed by atoms with Crippen molar-refractivity contribution in [3.63, 3.8) is 0 Å². The van der Waals surface area contributed by atoms with E-state index in [1.807, 2.05) is 0 Å². The zero-order valence-corrected chi connectivity index (χ0v) is 16.4. The molecule has 0 bridgehead atoms. The van der Waals surface area contributed by atoms with Crippen molar-refractivity contribution in [3.8, 4) is 0 Å². The molecule has 6 heteroatoms. The Morgan fingerprint density at radius 3 is 1.50 bits per heavy atom. The molecule has 0 aliphatic rings. The largest absolute Gasteiger partial charge is 1.00 e. The second-order valence-corrected chi connectivity index (χ2v) is 5.68. The number of unbranched alkanes of at least 4 members (excludes halogenated alkanes) is 9. The fourth-order valence-corrected chi connectivity index (χ4v) is 2.42. The van der Waals surface area contributed by atoms with Gasteiger partial charge >= 0.3 is 41.5 Å². The summed E-state index contributed by atoms with van der Waals surface area (Å²) in [6.07, 6.45) is 12.2. The van der Waals surface area contributed by atoms with E-state index in [0.717, 1.165) is 19.3 Å². The fraction of sp³-hybridized carbons (Fsp3) is 0.875. The molecule has 0 aromatic rings. The Bertz CT molecular complexity index is 277. The van der Waals surface area contributed by atoms with Crippen LogP contribution < -0.4 is 29.6 Å². The van der Waals surface area contributed by atoms with Crippen molar-refractivity contribution >= 4 is 11.9 Å². The summed E-state index contributed by atoms with van der Waals surface area (Å²) in [4.78, 5) is 22.8. The maximum absolute atomic E-state index is 10.6. The van der Waals surface area contributed by atoms with Gasteiger partial charge < -0.3 is 11.6 Å². The quantitative estimate of drug-likeness (QED) is 0.339. The molecule has 0 atom stereocenters. The van der Waals surface area contributed by atoms with Crippen LogP contribution in [-0.2, 0) is 9.59 Å². The molecule has 0 rings (SSSR count). The number of hydrogen-bond donors (Lipinski definition) is 2. The molecule has 22 heavy (non-hydrogen) atoms. The third kappa shape index (κ3) is 18.0. The summed E-state index contributed by atoms with van der Waals surface area (Å²) in [6.45, 7) is 2.39. The van der Waals surface area contributed by atoms with Crippen molar-refractivity contribution in [1.82, 2.24) is 4.90 Å². The number of carbonyl (C=O) groups is 2. The van der Waals surface area contributed by atoms with Crippen LogP contribution in [0.2, 0.25) is 0 Å². The van der Waals surface area contributed by atoms with E-state index in [-0.39, 0.29) is 44.1 Å². The Hall–Kier alpha value is -0.100. The number of aliphatic carboxylic acids is 2.